The topological polar surface area (TPSA) is 75.9 Å². The molecular weight excluding hydrogens is 134 g/mol. The van der Waals surface area contributed by atoms with Gasteiger partial charge in [-0.2, -0.15) is 0 Å². The number of hydrogen-bond donors (Lipinski definition) is 3. The predicted octanol–water partition coefficient (Wildman–Crippen LogP) is 0.235. The summed E-state index contributed by atoms with van der Waals surface area (Å²) in [6.45, 7) is 1.89. The standard InChI is InChI=1S/C5H11N3S/c1-2-3(4(6)7)5(8)9/h3H,2H2,1H3,(H3,6,7)(H2,8,9). The van der Waals surface area contributed by atoms with E-state index in [1.165, 1.54) is 0 Å². The van der Waals surface area contributed by atoms with Crippen LogP contribution >= 0.6 is 12.2 Å². The highest BCUT2D eigenvalue weighted by Gasteiger charge is 2.11. The van der Waals surface area contributed by atoms with Crippen LogP contribution in [0.4, 0.5) is 0 Å². The zero-order valence-electron chi connectivity index (χ0n) is 5.35. The van der Waals surface area contributed by atoms with E-state index in [9.17, 15) is 0 Å². The van der Waals surface area contributed by atoms with E-state index in [4.69, 9.17) is 16.9 Å². The van der Waals surface area contributed by atoms with Gasteiger partial charge in [0.15, 0.2) is 0 Å². The largest absolute Gasteiger partial charge is 0.393 e. The van der Waals surface area contributed by atoms with Crippen LogP contribution in [0.1, 0.15) is 13.3 Å². The molecule has 1 atom stereocenters. The van der Waals surface area contributed by atoms with E-state index in [-0.39, 0.29) is 11.8 Å². The molecule has 0 saturated carbocycles. The van der Waals surface area contributed by atoms with Crippen molar-refractivity contribution in [2.45, 2.75) is 13.3 Å². The van der Waals surface area contributed by atoms with Gasteiger partial charge in [-0.25, -0.2) is 0 Å². The van der Waals surface area contributed by atoms with Crippen LogP contribution in [0.5, 0.6) is 0 Å². The molecule has 0 aliphatic carbocycles. The van der Waals surface area contributed by atoms with E-state index in [1.807, 2.05) is 6.92 Å². The van der Waals surface area contributed by atoms with Crippen molar-refractivity contribution in [1.29, 1.82) is 5.41 Å². The highest BCUT2D eigenvalue weighted by atomic mass is 32.1. The number of amidine groups is 1. The lowest BCUT2D eigenvalue weighted by molar-refractivity contribution is 0.846. The van der Waals surface area contributed by atoms with Crippen molar-refractivity contribution in [2.24, 2.45) is 17.4 Å². The first kappa shape index (κ1) is 8.36. The Balaban J connectivity index is 3.99. The van der Waals surface area contributed by atoms with Gasteiger partial charge in [0, 0.05) is 0 Å². The summed E-state index contributed by atoms with van der Waals surface area (Å²) in [7, 11) is 0. The maximum absolute atomic E-state index is 6.99. The maximum atomic E-state index is 6.99. The van der Waals surface area contributed by atoms with Crippen LogP contribution in [0.25, 0.3) is 0 Å². The lowest BCUT2D eigenvalue weighted by atomic mass is 10.1. The number of nitrogens with one attached hydrogen (secondary N) is 1. The van der Waals surface area contributed by atoms with E-state index in [2.05, 4.69) is 12.2 Å². The molecule has 0 radical (unpaired) electrons. The molecule has 0 aromatic carbocycles. The summed E-state index contributed by atoms with van der Waals surface area (Å²) in [6, 6.07) is 0. The Morgan fingerprint density at radius 2 is 2.11 bits per heavy atom. The first-order valence-electron chi connectivity index (χ1n) is 2.72. The summed E-state index contributed by atoms with van der Waals surface area (Å²) in [4.78, 5) is 0.310. The quantitative estimate of drug-likeness (QED) is 0.302. The van der Waals surface area contributed by atoms with Crippen LogP contribution in [0.2, 0.25) is 0 Å². The van der Waals surface area contributed by atoms with E-state index >= 15 is 0 Å². The van der Waals surface area contributed by atoms with Crippen molar-refractivity contribution < 1.29 is 0 Å². The van der Waals surface area contributed by atoms with E-state index in [0.29, 0.717) is 11.4 Å². The van der Waals surface area contributed by atoms with Crippen LogP contribution in [-0.4, -0.2) is 10.8 Å². The second-order valence-electron chi connectivity index (χ2n) is 1.82. The Morgan fingerprint density at radius 1 is 1.67 bits per heavy atom. The van der Waals surface area contributed by atoms with Gasteiger partial charge >= 0.3 is 0 Å². The highest BCUT2D eigenvalue weighted by Crippen LogP contribution is 2.00. The molecule has 0 aliphatic heterocycles. The molecule has 3 nitrogen and oxygen atoms in total. The minimum absolute atomic E-state index is 0.0602. The fourth-order valence-electron chi connectivity index (χ4n) is 0.574. The van der Waals surface area contributed by atoms with Crippen LogP contribution in [0, 0.1) is 11.3 Å². The Bertz CT molecular complexity index is 118. The molecule has 0 bridgehead atoms. The van der Waals surface area contributed by atoms with Gasteiger partial charge in [0.2, 0.25) is 0 Å². The maximum Gasteiger partial charge on any atom is 0.101 e. The Labute approximate surface area is 59.9 Å². The second-order valence-corrected chi connectivity index (χ2v) is 2.29. The van der Waals surface area contributed by atoms with Crippen molar-refractivity contribution in [1.82, 2.24) is 0 Å². The fourth-order valence-corrected chi connectivity index (χ4v) is 0.868. The van der Waals surface area contributed by atoms with E-state index < -0.39 is 0 Å². The third-order valence-electron chi connectivity index (χ3n) is 1.13. The lowest BCUT2D eigenvalue weighted by Crippen LogP contribution is -2.32. The third kappa shape index (κ3) is 2.41. The van der Waals surface area contributed by atoms with Crippen LogP contribution in [0.3, 0.4) is 0 Å². The molecule has 52 valence electrons. The van der Waals surface area contributed by atoms with Crippen molar-refractivity contribution in [3.8, 4) is 0 Å². The molecule has 0 aliphatic rings. The summed E-state index contributed by atoms with van der Waals surface area (Å²) < 4.78 is 0. The Morgan fingerprint density at radius 3 is 2.11 bits per heavy atom. The monoisotopic (exact) mass is 145 g/mol. The first-order chi connectivity index (χ1) is 4.09. The van der Waals surface area contributed by atoms with Crippen molar-refractivity contribution in [2.75, 3.05) is 0 Å². The molecule has 0 aromatic rings. The molecule has 5 N–H and O–H groups in total. The van der Waals surface area contributed by atoms with Gasteiger partial charge in [-0.15, -0.1) is 0 Å². The van der Waals surface area contributed by atoms with Gasteiger partial charge in [-0.05, 0) is 6.42 Å². The molecule has 0 heterocycles. The van der Waals surface area contributed by atoms with Gasteiger partial charge < -0.3 is 11.5 Å². The zero-order chi connectivity index (χ0) is 7.44. The fraction of sp³-hybridized carbons (Fsp3) is 0.600. The molecule has 0 rings (SSSR count). The normalized spacial score (nSPS) is 12.6. The van der Waals surface area contributed by atoms with Crippen molar-refractivity contribution in [3.63, 3.8) is 0 Å². The van der Waals surface area contributed by atoms with Gasteiger partial charge in [0.05, 0.1) is 10.9 Å². The second kappa shape index (κ2) is 3.40. The molecule has 0 aromatic heterocycles. The Hall–Kier alpha value is -0.640. The average Bonchev–Trinajstić information content (AvgIpc) is 1.64. The summed E-state index contributed by atoms with van der Waals surface area (Å²) in [5.41, 5.74) is 10.4. The van der Waals surface area contributed by atoms with Crippen LogP contribution in [-0.2, 0) is 0 Å². The van der Waals surface area contributed by atoms with Gasteiger partial charge in [0.25, 0.3) is 0 Å². The molecule has 0 saturated heterocycles. The Kier molecular flexibility index (Phi) is 3.16. The van der Waals surface area contributed by atoms with Crippen LogP contribution in [0.15, 0.2) is 0 Å². The number of hydrogen-bond acceptors (Lipinski definition) is 2. The SMILES string of the molecule is CCC(C(=N)N)C(N)=S. The van der Waals surface area contributed by atoms with Crippen molar-refractivity contribution in [3.05, 3.63) is 0 Å². The third-order valence-corrected chi connectivity index (χ3v) is 1.41. The molecule has 0 amide bonds. The van der Waals surface area contributed by atoms with Gasteiger partial charge in [-0.3, -0.25) is 5.41 Å². The lowest BCUT2D eigenvalue weighted by Gasteiger charge is -2.09. The highest BCUT2D eigenvalue weighted by molar-refractivity contribution is 7.80. The minimum Gasteiger partial charge on any atom is -0.393 e. The summed E-state index contributed by atoms with van der Waals surface area (Å²) in [5.74, 6) is -0.148. The van der Waals surface area contributed by atoms with Crippen LogP contribution < -0.4 is 11.5 Å². The van der Waals surface area contributed by atoms with E-state index in [1.54, 1.807) is 0 Å². The number of rotatable bonds is 3. The van der Waals surface area contributed by atoms with Crippen molar-refractivity contribution >= 4 is 23.0 Å². The molecule has 0 spiro atoms. The van der Waals surface area contributed by atoms with Gasteiger partial charge in [-0.1, -0.05) is 19.1 Å². The summed E-state index contributed by atoms with van der Waals surface area (Å²) in [5, 5.41) is 6.99. The molecule has 1 unspecified atom stereocenters. The first-order valence-corrected chi connectivity index (χ1v) is 3.13. The predicted molar refractivity (Wildman–Crippen MR) is 42.5 cm³/mol. The summed E-state index contributed by atoms with van der Waals surface area (Å²) in [6.07, 6.45) is 0.713. The number of thiocarbonyl (C=S) groups is 1. The van der Waals surface area contributed by atoms with E-state index in [0.717, 1.165) is 0 Å². The minimum atomic E-state index is -0.208. The summed E-state index contributed by atoms with van der Waals surface area (Å²) >= 11 is 4.65. The van der Waals surface area contributed by atoms with Gasteiger partial charge in [0.1, 0.15) is 5.84 Å². The zero-order valence-corrected chi connectivity index (χ0v) is 6.16. The molecular formula is C5H11N3S. The molecule has 0 fully saturated rings. The smallest absolute Gasteiger partial charge is 0.101 e. The average molecular weight is 145 g/mol. The molecule has 9 heavy (non-hydrogen) atoms. The molecule has 4 heteroatoms. The number of nitrogens with two attached hydrogens (primary N) is 2.